The Hall–Kier alpha value is -2.11. The number of aliphatic hydroxyl groups is 1. The first-order valence-corrected chi connectivity index (χ1v) is 9.06. The highest BCUT2D eigenvalue weighted by atomic mass is 32.2. The second-order valence-electron chi connectivity index (χ2n) is 5.98. The van der Waals surface area contributed by atoms with Gasteiger partial charge in [0.1, 0.15) is 6.61 Å². The third-order valence-electron chi connectivity index (χ3n) is 4.22. The topological polar surface area (TPSA) is 50.9 Å². The maximum absolute atomic E-state index is 9.54. The third kappa shape index (κ3) is 3.09. The quantitative estimate of drug-likeness (QED) is 0.691. The average Bonchev–Trinajstić information content (AvgIpc) is 3.41. The molecule has 5 heteroatoms. The lowest BCUT2D eigenvalue weighted by Gasteiger charge is -2.18. The highest BCUT2D eigenvalue weighted by molar-refractivity contribution is 7.99. The van der Waals surface area contributed by atoms with Crippen LogP contribution in [0.3, 0.4) is 0 Å². The molecule has 4 rings (SSSR count). The Morgan fingerprint density at radius 1 is 0.958 bits per heavy atom. The summed E-state index contributed by atoms with van der Waals surface area (Å²) in [6.45, 7) is -0.0641. The Labute approximate surface area is 145 Å². The van der Waals surface area contributed by atoms with Gasteiger partial charge in [0.15, 0.2) is 11.0 Å². The van der Waals surface area contributed by atoms with Gasteiger partial charge in [-0.05, 0) is 24.0 Å². The van der Waals surface area contributed by atoms with E-state index >= 15 is 0 Å². The molecule has 1 aliphatic rings. The van der Waals surface area contributed by atoms with E-state index in [1.165, 1.54) is 11.1 Å². The van der Waals surface area contributed by atoms with Crippen molar-refractivity contribution in [3.05, 3.63) is 77.6 Å². The van der Waals surface area contributed by atoms with Crippen LogP contribution in [0, 0.1) is 0 Å². The molecule has 122 valence electrons. The van der Waals surface area contributed by atoms with E-state index in [9.17, 15) is 5.11 Å². The zero-order valence-corrected chi connectivity index (χ0v) is 14.1. The summed E-state index contributed by atoms with van der Waals surface area (Å²) in [5.74, 6) is 0.667. The molecule has 0 radical (unpaired) electrons. The monoisotopic (exact) mass is 337 g/mol. The van der Waals surface area contributed by atoms with Crippen LogP contribution in [0.15, 0.2) is 65.8 Å². The molecule has 1 aromatic heterocycles. The van der Waals surface area contributed by atoms with Crippen LogP contribution in [-0.4, -0.2) is 19.9 Å². The van der Waals surface area contributed by atoms with Crippen molar-refractivity contribution in [2.24, 2.45) is 0 Å². The van der Waals surface area contributed by atoms with E-state index < -0.39 is 0 Å². The molecule has 4 nitrogen and oxygen atoms in total. The number of nitrogens with zero attached hydrogens (tertiary/aromatic N) is 3. The van der Waals surface area contributed by atoms with Gasteiger partial charge in [-0.25, -0.2) is 0 Å². The fourth-order valence-corrected chi connectivity index (χ4v) is 4.14. The highest BCUT2D eigenvalue weighted by Gasteiger charge is 2.30. The first-order valence-electron chi connectivity index (χ1n) is 8.18. The van der Waals surface area contributed by atoms with Gasteiger partial charge in [0.25, 0.3) is 0 Å². The van der Waals surface area contributed by atoms with Gasteiger partial charge in [-0.3, -0.25) is 0 Å². The molecule has 0 spiro atoms. The van der Waals surface area contributed by atoms with E-state index in [0.29, 0.717) is 11.9 Å². The molecular formula is C19H19N3OS. The van der Waals surface area contributed by atoms with Crippen molar-refractivity contribution in [1.82, 2.24) is 14.8 Å². The van der Waals surface area contributed by atoms with Gasteiger partial charge < -0.3 is 9.67 Å². The Morgan fingerprint density at radius 2 is 1.54 bits per heavy atom. The Bertz CT molecular complexity index is 760. The van der Waals surface area contributed by atoms with Crippen LogP contribution in [0.5, 0.6) is 0 Å². The number of aliphatic hydroxyl groups excluding tert-OH is 1. The van der Waals surface area contributed by atoms with Crippen LogP contribution in [0.25, 0.3) is 0 Å². The molecule has 1 fully saturated rings. The van der Waals surface area contributed by atoms with Crippen LogP contribution < -0.4 is 0 Å². The van der Waals surface area contributed by atoms with Gasteiger partial charge in [-0.2, -0.15) is 0 Å². The summed E-state index contributed by atoms with van der Waals surface area (Å²) in [7, 11) is 0. The van der Waals surface area contributed by atoms with Gasteiger partial charge >= 0.3 is 0 Å². The number of rotatable bonds is 6. The number of aromatic nitrogens is 3. The second-order valence-corrected chi connectivity index (χ2v) is 7.05. The van der Waals surface area contributed by atoms with E-state index in [-0.39, 0.29) is 11.9 Å². The second kappa shape index (κ2) is 6.79. The predicted octanol–water partition coefficient (Wildman–Crippen LogP) is 3.99. The number of hydrogen-bond donors (Lipinski definition) is 1. The van der Waals surface area contributed by atoms with Crippen molar-refractivity contribution in [1.29, 1.82) is 0 Å². The number of benzene rings is 2. The number of hydrogen-bond acceptors (Lipinski definition) is 4. The van der Waals surface area contributed by atoms with Crippen LogP contribution in [0.4, 0.5) is 0 Å². The zero-order valence-electron chi connectivity index (χ0n) is 13.2. The molecule has 0 saturated heterocycles. The fourth-order valence-electron chi connectivity index (χ4n) is 2.88. The molecule has 0 atom stereocenters. The SMILES string of the molecule is OCc1nnc(SC(c2ccccc2)c2ccccc2)n1C1CC1. The van der Waals surface area contributed by atoms with Crippen LogP contribution in [0.1, 0.15) is 41.1 Å². The lowest BCUT2D eigenvalue weighted by Crippen LogP contribution is -2.05. The maximum Gasteiger partial charge on any atom is 0.192 e. The summed E-state index contributed by atoms with van der Waals surface area (Å²) < 4.78 is 2.11. The summed E-state index contributed by atoms with van der Waals surface area (Å²) in [5.41, 5.74) is 2.48. The Morgan fingerprint density at radius 3 is 2.04 bits per heavy atom. The minimum Gasteiger partial charge on any atom is -0.388 e. The van der Waals surface area contributed by atoms with Gasteiger partial charge in [-0.15, -0.1) is 10.2 Å². The molecule has 24 heavy (non-hydrogen) atoms. The fraction of sp³-hybridized carbons (Fsp3) is 0.263. The van der Waals surface area contributed by atoms with Crippen LogP contribution >= 0.6 is 11.8 Å². The predicted molar refractivity (Wildman–Crippen MR) is 94.8 cm³/mol. The molecule has 0 bridgehead atoms. The maximum atomic E-state index is 9.54. The summed E-state index contributed by atoms with van der Waals surface area (Å²) in [6.07, 6.45) is 2.28. The molecular weight excluding hydrogens is 318 g/mol. The summed E-state index contributed by atoms with van der Waals surface area (Å²) in [5, 5.41) is 19.1. The van der Waals surface area contributed by atoms with Crippen molar-refractivity contribution in [2.75, 3.05) is 0 Å². The first kappa shape index (κ1) is 15.4. The van der Waals surface area contributed by atoms with E-state index in [1.54, 1.807) is 11.8 Å². The van der Waals surface area contributed by atoms with Gasteiger partial charge in [-0.1, -0.05) is 72.4 Å². The standard InChI is InChI=1S/C19H19N3OS/c23-13-17-20-21-19(22(17)16-11-12-16)24-18(14-7-3-1-4-8-14)15-9-5-2-6-10-15/h1-10,16,18,23H,11-13H2. The van der Waals surface area contributed by atoms with E-state index in [0.717, 1.165) is 18.0 Å². The van der Waals surface area contributed by atoms with Crippen molar-refractivity contribution >= 4 is 11.8 Å². The lowest BCUT2D eigenvalue weighted by molar-refractivity contribution is 0.263. The largest absolute Gasteiger partial charge is 0.388 e. The van der Waals surface area contributed by atoms with E-state index in [4.69, 9.17) is 0 Å². The molecule has 1 aliphatic carbocycles. The molecule has 0 amide bonds. The summed E-state index contributed by atoms with van der Waals surface area (Å²) >= 11 is 1.70. The van der Waals surface area contributed by atoms with E-state index in [2.05, 4.69) is 63.3 Å². The zero-order chi connectivity index (χ0) is 16.4. The van der Waals surface area contributed by atoms with Gasteiger partial charge in [0.2, 0.25) is 0 Å². The first-order chi connectivity index (χ1) is 11.9. The summed E-state index contributed by atoms with van der Waals surface area (Å²) in [6, 6.07) is 21.4. The summed E-state index contributed by atoms with van der Waals surface area (Å²) in [4.78, 5) is 0. The molecule has 0 aliphatic heterocycles. The Kier molecular flexibility index (Phi) is 4.36. The average molecular weight is 337 g/mol. The smallest absolute Gasteiger partial charge is 0.192 e. The van der Waals surface area contributed by atoms with Crippen molar-refractivity contribution in [3.8, 4) is 0 Å². The van der Waals surface area contributed by atoms with Gasteiger partial charge in [0, 0.05) is 6.04 Å². The van der Waals surface area contributed by atoms with E-state index in [1.807, 2.05) is 12.1 Å². The minimum atomic E-state index is -0.0641. The molecule has 0 unspecified atom stereocenters. The molecule has 2 aromatic carbocycles. The molecule has 1 N–H and O–H groups in total. The third-order valence-corrected chi connectivity index (χ3v) is 5.49. The van der Waals surface area contributed by atoms with Crippen LogP contribution in [0.2, 0.25) is 0 Å². The number of thioether (sulfide) groups is 1. The molecule has 3 aromatic rings. The molecule has 1 saturated carbocycles. The van der Waals surface area contributed by atoms with Gasteiger partial charge in [0.05, 0.1) is 5.25 Å². The van der Waals surface area contributed by atoms with Crippen molar-refractivity contribution < 1.29 is 5.11 Å². The Balaban J connectivity index is 1.72. The van der Waals surface area contributed by atoms with Crippen molar-refractivity contribution in [3.63, 3.8) is 0 Å². The highest BCUT2D eigenvalue weighted by Crippen LogP contribution is 2.44. The molecule has 1 heterocycles. The minimum absolute atomic E-state index is 0.0641. The van der Waals surface area contributed by atoms with Crippen LogP contribution in [-0.2, 0) is 6.61 Å². The van der Waals surface area contributed by atoms with Crippen molar-refractivity contribution in [2.45, 2.75) is 35.9 Å². The lowest BCUT2D eigenvalue weighted by atomic mass is 10.0. The normalized spacial score (nSPS) is 14.2.